The molecule has 0 atom stereocenters. The molecule has 0 saturated heterocycles. The second kappa shape index (κ2) is 10.9. The van der Waals surface area contributed by atoms with E-state index in [0.29, 0.717) is 0 Å². The van der Waals surface area contributed by atoms with Crippen LogP contribution < -0.4 is 15.4 Å². The highest BCUT2D eigenvalue weighted by atomic mass is 16.6. The van der Waals surface area contributed by atoms with Gasteiger partial charge in [0.15, 0.2) is 0 Å². The van der Waals surface area contributed by atoms with Crippen LogP contribution in [0.15, 0.2) is 48.2 Å². The third-order valence-corrected chi connectivity index (χ3v) is 4.23. The van der Waals surface area contributed by atoms with Crippen LogP contribution in [0, 0.1) is 21.4 Å². The summed E-state index contributed by atoms with van der Waals surface area (Å²) in [7, 11) is 3.62. The zero-order valence-corrected chi connectivity index (χ0v) is 17.7. The van der Waals surface area contributed by atoms with Gasteiger partial charge in [-0.25, -0.2) is 9.59 Å². The van der Waals surface area contributed by atoms with Gasteiger partial charge in [-0.05, 0) is 24.3 Å². The fourth-order valence-electron chi connectivity index (χ4n) is 2.58. The van der Waals surface area contributed by atoms with Crippen LogP contribution in [0.5, 0.6) is 5.75 Å². The minimum atomic E-state index is -0.860. The fourth-order valence-corrected chi connectivity index (χ4v) is 2.58. The van der Waals surface area contributed by atoms with Gasteiger partial charge in [0.25, 0.3) is 11.6 Å². The van der Waals surface area contributed by atoms with Crippen molar-refractivity contribution in [3.05, 3.63) is 69.4 Å². The predicted molar refractivity (Wildman–Crippen MR) is 115 cm³/mol. The Morgan fingerprint density at radius 2 is 1.73 bits per heavy atom. The molecule has 2 N–H and O–H groups in total. The second-order valence-electron chi connectivity index (χ2n) is 6.15. The third kappa shape index (κ3) is 5.82. The number of carbonyl (C=O) groups is 3. The molecular weight excluding hydrogens is 436 g/mol. The van der Waals surface area contributed by atoms with E-state index in [4.69, 9.17) is 9.47 Å². The molecule has 12 nitrogen and oxygen atoms in total. The van der Waals surface area contributed by atoms with Crippen molar-refractivity contribution >= 4 is 34.9 Å². The Kier molecular flexibility index (Phi) is 8.05. The summed E-state index contributed by atoms with van der Waals surface area (Å²) in [5.74, 6) is -2.23. The minimum Gasteiger partial charge on any atom is -0.494 e. The number of hydrogen-bond donors (Lipinski definition) is 2. The fraction of sp³-hybridized carbons (Fsp3) is 0.143. The maximum atomic E-state index is 12.6. The van der Waals surface area contributed by atoms with Crippen molar-refractivity contribution in [2.24, 2.45) is 0 Å². The Bertz CT molecular complexity index is 1180. The van der Waals surface area contributed by atoms with Crippen LogP contribution in [0.3, 0.4) is 0 Å². The molecule has 2 aromatic rings. The van der Waals surface area contributed by atoms with Crippen molar-refractivity contribution in [2.45, 2.75) is 0 Å². The van der Waals surface area contributed by atoms with Crippen molar-refractivity contribution in [3.63, 3.8) is 0 Å². The maximum absolute atomic E-state index is 12.6. The van der Waals surface area contributed by atoms with E-state index in [-0.39, 0.29) is 33.9 Å². The van der Waals surface area contributed by atoms with E-state index in [1.165, 1.54) is 45.6 Å². The molecule has 2 rings (SSSR count). The highest BCUT2D eigenvalue weighted by molar-refractivity contribution is 6.07. The van der Waals surface area contributed by atoms with Crippen LogP contribution in [0.2, 0.25) is 0 Å². The van der Waals surface area contributed by atoms with Crippen molar-refractivity contribution in [2.75, 3.05) is 32.0 Å². The zero-order valence-electron chi connectivity index (χ0n) is 17.7. The predicted octanol–water partition coefficient (Wildman–Crippen LogP) is 2.63. The number of ether oxygens (including phenoxy) is 3. The molecule has 12 heteroatoms. The van der Waals surface area contributed by atoms with E-state index in [1.807, 2.05) is 0 Å². The van der Waals surface area contributed by atoms with E-state index in [2.05, 4.69) is 15.4 Å². The number of amides is 1. The Morgan fingerprint density at radius 1 is 1.03 bits per heavy atom. The third-order valence-electron chi connectivity index (χ3n) is 4.23. The van der Waals surface area contributed by atoms with Crippen LogP contribution in [0.4, 0.5) is 17.1 Å². The molecule has 1 amide bonds. The summed E-state index contributed by atoms with van der Waals surface area (Å²) in [6.07, 6.45) is 1.02. The molecular formula is C21H18N4O8. The molecule has 0 fully saturated rings. The molecule has 0 unspecified atom stereocenters. The number of nitrogens with one attached hydrogen (secondary N) is 2. The second-order valence-corrected chi connectivity index (χ2v) is 6.15. The number of nitriles is 1. The highest BCUT2D eigenvalue weighted by Crippen LogP contribution is 2.29. The lowest BCUT2D eigenvalue weighted by molar-refractivity contribution is -0.384. The molecule has 0 aromatic heterocycles. The first-order chi connectivity index (χ1) is 15.7. The molecule has 0 spiro atoms. The first-order valence-corrected chi connectivity index (χ1v) is 9.07. The number of carbonyl (C=O) groups excluding carboxylic acids is 3. The van der Waals surface area contributed by atoms with E-state index in [0.717, 1.165) is 18.3 Å². The Balaban J connectivity index is 2.34. The first-order valence-electron chi connectivity index (χ1n) is 9.07. The molecule has 0 heterocycles. The summed E-state index contributed by atoms with van der Waals surface area (Å²) in [5, 5.41) is 25.4. The topological polar surface area (TPSA) is 170 Å². The summed E-state index contributed by atoms with van der Waals surface area (Å²) in [5.41, 5.74) is -0.329. The molecule has 0 bridgehead atoms. The number of nitro groups is 1. The smallest absolute Gasteiger partial charge is 0.339 e. The van der Waals surface area contributed by atoms with E-state index >= 15 is 0 Å². The van der Waals surface area contributed by atoms with Crippen LogP contribution >= 0.6 is 0 Å². The SMILES string of the molecule is COC(=O)c1ccc(C(=O)OC)c(N/C=C(/C#N)C(=O)Nc2ccc([N+](=O)[O-])cc2OC)c1. The van der Waals surface area contributed by atoms with Gasteiger partial charge >= 0.3 is 11.9 Å². The van der Waals surface area contributed by atoms with Crippen LogP contribution in [-0.4, -0.2) is 44.1 Å². The van der Waals surface area contributed by atoms with Gasteiger partial charge in [-0.2, -0.15) is 5.26 Å². The van der Waals surface area contributed by atoms with Gasteiger partial charge in [-0.3, -0.25) is 14.9 Å². The van der Waals surface area contributed by atoms with Crippen LogP contribution in [0.1, 0.15) is 20.7 Å². The van der Waals surface area contributed by atoms with Crippen molar-refractivity contribution in [3.8, 4) is 11.8 Å². The quantitative estimate of drug-likeness (QED) is 0.199. The number of nitro benzene ring substituents is 1. The summed E-state index contributed by atoms with van der Waals surface area (Å²) in [6, 6.07) is 9.20. The number of nitrogens with zero attached hydrogens (tertiary/aromatic N) is 2. The number of hydrogen-bond acceptors (Lipinski definition) is 10. The average Bonchev–Trinajstić information content (AvgIpc) is 2.83. The van der Waals surface area contributed by atoms with Gasteiger partial charge in [0.05, 0.1) is 54.8 Å². The number of esters is 2. The molecule has 0 radical (unpaired) electrons. The Hall–Kier alpha value is -4.92. The van der Waals surface area contributed by atoms with Gasteiger partial charge in [0.1, 0.15) is 17.4 Å². The molecule has 170 valence electrons. The minimum absolute atomic E-state index is 0.0153. The lowest BCUT2D eigenvalue weighted by Gasteiger charge is -2.11. The van der Waals surface area contributed by atoms with E-state index in [9.17, 15) is 29.8 Å². The molecule has 0 aliphatic carbocycles. The lowest BCUT2D eigenvalue weighted by Crippen LogP contribution is -2.16. The largest absolute Gasteiger partial charge is 0.494 e. The van der Waals surface area contributed by atoms with Gasteiger partial charge in [0, 0.05) is 12.3 Å². The summed E-state index contributed by atoms with van der Waals surface area (Å²) >= 11 is 0. The normalized spacial score (nSPS) is 10.4. The van der Waals surface area contributed by atoms with Crippen molar-refractivity contribution in [1.29, 1.82) is 5.26 Å². The van der Waals surface area contributed by atoms with Crippen LogP contribution in [-0.2, 0) is 14.3 Å². The van der Waals surface area contributed by atoms with E-state index in [1.54, 1.807) is 6.07 Å². The van der Waals surface area contributed by atoms with Crippen molar-refractivity contribution < 1.29 is 33.5 Å². The monoisotopic (exact) mass is 454 g/mol. The maximum Gasteiger partial charge on any atom is 0.339 e. The Morgan fingerprint density at radius 3 is 2.30 bits per heavy atom. The molecule has 0 saturated carbocycles. The summed E-state index contributed by atoms with van der Waals surface area (Å²) in [4.78, 5) is 46.6. The van der Waals surface area contributed by atoms with E-state index < -0.39 is 28.3 Å². The number of anilines is 2. The molecule has 33 heavy (non-hydrogen) atoms. The number of rotatable bonds is 8. The molecule has 0 aliphatic heterocycles. The summed E-state index contributed by atoms with van der Waals surface area (Å²) < 4.78 is 14.4. The standard InChI is InChI=1S/C21H18N4O8/c1-31-18-9-14(25(29)30)5-7-16(18)24-19(26)13(10-22)11-23-17-8-12(20(27)32-2)4-6-15(17)21(28)33-3/h4-9,11,23H,1-3H3,(H,24,26)/b13-11-. The molecule has 2 aromatic carbocycles. The number of non-ortho nitro benzene ring substituents is 1. The van der Waals surface area contributed by atoms with Gasteiger partial charge in [0.2, 0.25) is 0 Å². The van der Waals surface area contributed by atoms with Gasteiger partial charge in [-0.1, -0.05) is 0 Å². The first kappa shape index (κ1) is 24.4. The van der Waals surface area contributed by atoms with Gasteiger partial charge in [-0.15, -0.1) is 0 Å². The zero-order chi connectivity index (χ0) is 24.5. The molecule has 0 aliphatic rings. The van der Waals surface area contributed by atoms with Gasteiger partial charge < -0.3 is 24.8 Å². The highest BCUT2D eigenvalue weighted by Gasteiger charge is 2.18. The van der Waals surface area contributed by atoms with Crippen molar-refractivity contribution in [1.82, 2.24) is 0 Å². The number of benzene rings is 2. The van der Waals surface area contributed by atoms with Crippen LogP contribution in [0.25, 0.3) is 0 Å². The Labute approximate surface area is 187 Å². The lowest BCUT2D eigenvalue weighted by atomic mass is 10.1. The number of methoxy groups -OCH3 is 3. The average molecular weight is 454 g/mol. The summed E-state index contributed by atoms with van der Waals surface area (Å²) in [6.45, 7) is 0.